The quantitative estimate of drug-likeness (QED) is 0.334. The van der Waals surface area contributed by atoms with Crippen molar-refractivity contribution in [2.24, 2.45) is 23.2 Å². The van der Waals surface area contributed by atoms with Gasteiger partial charge in [0.25, 0.3) is 5.91 Å². The number of amides is 2. The summed E-state index contributed by atoms with van der Waals surface area (Å²) in [5, 5.41) is 6.29. The van der Waals surface area contributed by atoms with Gasteiger partial charge in [-0.1, -0.05) is 52.0 Å². The van der Waals surface area contributed by atoms with Crippen molar-refractivity contribution in [3.8, 4) is 0 Å². The molecule has 7 rings (SSSR count). The van der Waals surface area contributed by atoms with Crippen LogP contribution in [0.5, 0.6) is 0 Å². The second-order valence-corrected chi connectivity index (χ2v) is 14.6. The molecule has 0 aromatic heterocycles. The Hall–Kier alpha value is -2.71. The smallest absolute Gasteiger partial charge is 0.404 e. The fourth-order valence-electron chi connectivity index (χ4n) is 8.47. The Morgan fingerprint density at radius 3 is 2.56 bits per heavy atom. The molecule has 230 valence electrons. The van der Waals surface area contributed by atoms with Gasteiger partial charge in [-0.15, -0.1) is 0 Å². The molecule has 4 aliphatic carbocycles. The van der Waals surface area contributed by atoms with E-state index in [1.54, 1.807) is 12.1 Å². The zero-order valence-corrected chi connectivity index (χ0v) is 26.3. The molecular formula is C35H46BFN2O4. The average Bonchev–Trinajstić information content (AvgIpc) is 3.33. The molecule has 0 radical (unpaired) electrons. The van der Waals surface area contributed by atoms with E-state index in [1.165, 1.54) is 17.7 Å². The number of nitrogens with one attached hydrogen (secondary N) is 2. The van der Waals surface area contributed by atoms with E-state index in [0.717, 1.165) is 44.1 Å². The van der Waals surface area contributed by atoms with Gasteiger partial charge < -0.3 is 19.9 Å². The summed E-state index contributed by atoms with van der Waals surface area (Å²) < 4.78 is 27.6. The van der Waals surface area contributed by atoms with Crippen LogP contribution < -0.4 is 10.6 Å². The maximum Gasteiger partial charge on any atom is 0.481 e. The maximum absolute atomic E-state index is 14.3. The summed E-state index contributed by atoms with van der Waals surface area (Å²) >= 11 is 0. The standard InChI is InChI=1S/C35H46BFN2O4/c1-21(2)16-31(36-42-30-19-24-18-29(34(24,3)4)35(30,5)43-36)39-32(40)20-28(23-12-8-13-25(37)17-23)38-33(41)27-15-9-11-22-10-6-7-14-26(22)27/h8-9,11-13,15,17,21,24,28-31H,6-7,10,14,16,18-20H2,1-5H3,(H,38,41)(H,39,40)/t24-,28?,29-,30+,31-,35-/m0/s1. The molecule has 3 saturated carbocycles. The second kappa shape index (κ2) is 11.7. The van der Waals surface area contributed by atoms with Crippen molar-refractivity contribution in [1.29, 1.82) is 0 Å². The molecule has 8 heteroatoms. The van der Waals surface area contributed by atoms with Gasteiger partial charge in [0.15, 0.2) is 0 Å². The molecule has 0 spiro atoms. The van der Waals surface area contributed by atoms with Crippen LogP contribution in [-0.4, -0.2) is 36.6 Å². The van der Waals surface area contributed by atoms with Crippen LogP contribution >= 0.6 is 0 Å². The minimum absolute atomic E-state index is 0.0238. The van der Waals surface area contributed by atoms with Crippen molar-refractivity contribution in [3.63, 3.8) is 0 Å². The monoisotopic (exact) mass is 588 g/mol. The molecule has 1 heterocycles. The Labute approximate surface area is 256 Å². The zero-order chi connectivity index (χ0) is 30.5. The van der Waals surface area contributed by atoms with Gasteiger partial charge in [-0.05, 0) is 110 Å². The number of halogens is 1. The van der Waals surface area contributed by atoms with E-state index in [1.807, 2.05) is 12.1 Å². The summed E-state index contributed by atoms with van der Waals surface area (Å²) in [6, 6.07) is 11.3. The highest BCUT2D eigenvalue weighted by Gasteiger charge is 2.68. The van der Waals surface area contributed by atoms with Crippen molar-refractivity contribution < 1.29 is 23.3 Å². The van der Waals surface area contributed by atoms with Crippen LogP contribution in [0.1, 0.15) is 106 Å². The highest BCUT2D eigenvalue weighted by Crippen LogP contribution is 2.65. The summed E-state index contributed by atoms with van der Waals surface area (Å²) in [6.07, 6.45) is 6.84. The van der Waals surface area contributed by atoms with Crippen molar-refractivity contribution >= 4 is 18.9 Å². The van der Waals surface area contributed by atoms with Crippen LogP contribution in [0.4, 0.5) is 4.39 Å². The third kappa shape index (κ3) is 5.77. The third-order valence-corrected chi connectivity index (χ3v) is 11.0. The van der Waals surface area contributed by atoms with E-state index in [2.05, 4.69) is 51.3 Å². The van der Waals surface area contributed by atoms with Crippen LogP contribution in [0, 0.1) is 29.0 Å². The average molecular weight is 589 g/mol. The van der Waals surface area contributed by atoms with Crippen LogP contribution in [0.25, 0.3) is 0 Å². The molecule has 6 atom stereocenters. The van der Waals surface area contributed by atoms with Gasteiger partial charge in [-0.3, -0.25) is 9.59 Å². The van der Waals surface area contributed by atoms with Crippen LogP contribution in [0.2, 0.25) is 0 Å². The lowest BCUT2D eigenvalue weighted by molar-refractivity contribution is -0.199. The maximum atomic E-state index is 14.3. The predicted molar refractivity (Wildman–Crippen MR) is 166 cm³/mol. The molecule has 2 aromatic rings. The van der Waals surface area contributed by atoms with E-state index in [9.17, 15) is 14.0 Å². The zero-order valence-electron chi connectivity index (χ0n) is 26.3. The van der Waals surface area contributed by atoms with Gasteiger partial charge >= 0.3 is 7.12 Å². The molecule has 6 nitrogen and oxygen atoms in total. The minimum Gasteiger partial charge on any atom is -0.404 e. The first-order chi connectivity index (χ1) is 20.5. The Balaban J connectivity index is 1.19. The molecule has 1 saturated heterocycles. The molecule has 4 fully saturated rings. The van der Waals surface area contributed by atoms with Gasteiger partial charge in [-0.2, -0.15) is 0 Å². The highest BCUT2D eigenvalue weighted by atomic mass is 19.1. The topological polar surface area (TPSA) is 76.7 Å². The molecule has 1 unspecified atom stereocenters. The number of rotatable bonds is 9. The number of carbonyl (C=O) groups is 2. The van der Waals surface area contributed by atoms with E-state index < -0.39 is 19.0 Å². The normalized spacial score (nSPS) is 28.3. The van der Waals surface area contributed by atoms with Gasteiger partial charge in [0.05, 0.1) is 30.1 Å². The van der Waals surface area contributed by atoms with E-state index in [-0.39, 0.29) is 41.3 Å². The number of carbonyl (C=O) groups excluding carboxylic acids is 2. The second-order valence-electron chi connectivity index (χ2n) is 14.6. The van der Waals surface area contributed by atoms with Crippen LogP contribution in [0.15, 0.2) is 42.5 Å². The number of hydrogen-bond donors (Lipinski definition) is 2. The third-order valence-electron chi connectivity index (χ3n) is 11.0. The minimum atomic E-state index is -0.694. The fourth-order valence-corrected chi connectivity index (χ4v) is 8.47. The Morgan fingerprint density at radius 1 is 1.05 bits per heavy atom. The summed E-state index contributed by atoms with van der Waals surface area (Å²) in [5.74, 6) is 0.174. The van der Waals surface area contributed by atoms with Crippen molar-refractivity contribution in [2.45, 2.75) is 110 Å². The lowest BCUT2D eigenvalue weighted by Crippen LogP contribution is -2.65. The molecule has 43 heavy (non-hydrogen) atoms. The van der Waals surface area contributed by atoms with Gasteiger partial charge in [0.2, 0.25) is 5.91 Å². The largest absolute Gasteiger partial charge is 0.481 e. The predicted octanol–water partition coefficient (Wildman–Crippen LogP) is 6.36. The van der Waals surface area contributed by atoms with Gasteiger partial charge in [0.1, 0.15) is 5.82 Å². The lowest BCUT2D eigenvalue weighted by atomic mass is 9.43. The first kappa shape index (κ1) is 30.3. The summed E-state index contributed by atoms with van der Waals surface area (Å²) in [7, 11) is -0.533. The highest BCUT2D eigenvalue weighted by molar-refractivity contribution is 6.47. The lowest BCUT2D eigenvalue weighted by Gasteiger charge is -2.64. The summed E-state index contributed by atoms with van der Waals surface area (Å²) in [5.41, 5.74) is 3.36. The Bertz CT molecular complexity index is 1380. The fraction of sp³-hybridized carbons (Fsp3) is 0.600. The van der Waals surface area contributed by atoms with E-state index in [4.69, 9.17) is 9.31 Å². The summed E-state index contributed by atoms with van der Waals surface area (Å²) in [4.78, 5) is 27.3. The first-order valence-electron chi connectivity index (χ1n) is 16.3. The molecule has 2 N–H and O–H groups in total. The molecule has 2 bridgehead atoms. The molecule has 5 aliphatic rings. The number of fused-ring (bicyclic) bond motifs is 1. The van der Waals surface area contributed by atoms with Crippen LogP contribution in [-0.2, 0) is 26.9 Å². The number of hydrogen-bond acceptors (Lipinski definition) is 4. The first-order valence-corrected chi connectivity index (χ1v) is 16.3. The van der Waals surface area contributed by atoms with Crippen molar-refractivity contribution in [3.05, 3.63) is 70.5 Å². The van der Waals surface area contributed by atoms with Gasteiger partial charge in [-0.25, -0.2) is 4.39 Å². The summed E-state index contributed by atoms with van der Waals surface area (Å²) in [6.45, 7) is 11.1. The van der Waals surface area contributed by atoms with E-state index >= 15 is 0 Å². The molecule has 2 amide bonds. The van der Waals surface area contributed by atoms with Crippen LogP contribution in [0.3, 0.4) is 0 Å². The SMILES string of the molecule is CC(C)C[C@H](NC(=O)CC(NC(=O)c1cccc2c1CCCC2)c1cccc(F)c1)B1O[C@@H]2C[C@@H]3C[C@@H](C3(C)C)[C@]2(C)O1. The molecule has 1 aliphatic heterocycles. The van der Waals surface area contributed by atoms with E-state index in [0.29, 0.717) is 35.3 Å². The number of aryl methyl sites for hydroxylation is 1. The van der Waals surface area contributed by atoms with Crippen molar-refractivity contribution in [2.75, 3.05) is 0 Å². The number of benzene rings is 2. The molecular weight excluding hydrogens is 542 g/mol. The Kier molecular flexibility index (Phi) is 8.22. The Morgan fingerprint density at radius 2 is 1.81 bits per heavy atom. The van der Waals surface area contributed by atoms with Crippen molar-refractivity contribution in [1.82, 2.24) is 10.6 Å². The van der Waals surface area contributed by atoms with Gasteiger partial charge in [0, 0.05) is 5.56 Å². The molecule has 2 aromatic carbocycles.